The minimum atomic E-state index is -0.174. The van der Waals surface area contributed by atoms with Crippen molar-refractivity contribution < 1.29 is 5.11 Å². The molecule has 10 heavy (non-hydrogen) atoms. The van der Waals surface area contributed by atoms with Gasteiger partial charge < -0.3 is 10.8 Å². The molecule has 0 bridgehead atoms. The second-order valence-corrected chi connectivity index (χ2v) is 3.47. The summed E-state index contributed by atoms with van der Waals surface area (Å²) in [6.07, 6.45) is 1.77. The van der Waals surface area contributed by atoms with Crippen molar-refractivity contribution >= 4 is 0 Å². The van der Waals surface area contributed by atoms with Gasteiger partial charge in [0.05, 0.1) is 6.10 Å². The average molecular weight is 143 g/mol. The molecule has 60 valence electrons. The maximum Gasteiger partial charge on any atom is 0.0608 e. The van der Waals surface area contributed by atoms with E-state index in [1.54, 1.807) is 0 Å². The molecule has 2 nitrogen and oxygen atoms in total. The highest BCUT2D eigenvalue weighted by Gasteiger charge is 2.54. The van der Waals surface area contributed by atoms with E-state index in [-0.39, 0.29) is 11.5 Å². The molecule has 1 saturated carbocycles. The van der Waals surface area contributed by atoms with E-state index in [9.17, 15) is 5.11 Å². The van der Waals surface area contributed by atoms with Crippen LogP contribution in [0.3, 0.4) is 0 Å². The first-order chi connectivity index (χ1) is 4.67. The molecule has 0 aromatic carbocycles. The molecule has 0 saturated heterocycles. The van der Waals surface area contributed by atoms with Gasteiger partial charge in [0, 0.05) is 12.0 Å². The minimum Gasteiger partial charge on any atom is -0.393 e. The fraction of sp³-hybridized carbons (Fsp3) is 1.00. The SMILES string of the molecule is CC[C@@H](O)[C@@]1(CN)C[C@@H]1C. The number of aliphatic hydroxyl groups excluding tert-OH is 1. The number of rotatable bonds is 3. The Labute approximate surface area is 62.4 Å². The van der Waals surface area contributed by atoms with Crippen LogP contribution in [0.4, 0.5) is 0 Å². The van der Waals surface area contributed by atoms with E-state index in [1.807, 2.05) is 6.92 Å². The highest BCUT2D eigenvalue weighted by Crippen LogP contribution is 2.54. The molecule has 3 N–H and O–H groups in total. The van der Waals surface area contributed by atoms with Crippen LogP contribution in [0.2, 0.25) is 0 Å². The van der Waals surface area contributed by atoms with Gasteiger partial charge in [0.15, 0.2) is 0 Å². The lowest BCUT2D eigenvalue weighted by Gasteiger charge is -2.19. The third-order valence-electron chi connectivity index (χ3n) is 2.94. The Hall–Kier alpha value is -0.0800. The summed E-state index contributed by atoms with van der Waals surface area (Å²) in [5.74, 6) is 0.632. The molecule has 2 heteroatoms. The Balaban J connectivity index is 2.51. The second-order valence-electron chi connectivity index (χ2n) is 3.47. The zero-order valence-corrected chi connectivity index (χ0v) is 6.80. The number of hydrogen-bond acceptors (Lipinski definition) is 2. The molecule has 1 fully saturated rings. The largest absolute Gasteiger partial charge is 0.393 e. The number of hydrogen-bond donors (Lipinski definition) is 2. The van der Waals surface area contributed by atoms with Gasteiger partial charge >= 0.3 is 0 Å². The van der Waals surface area contributed by atoms with Gasteiger partial charge in [-0.3, -0.25) is 0 Å². The normalized spacial score (nSPS) is 41.4. The van der Waals surface area contributed by atoms with E-state index in [1.165, 1.54) is 0 Å². The topological polar surface area (TPSA) is 46.2 Å². The van der Waals surface area contributed by atoms with Crippen LogP contribution in [-0.4, -0.2) is 17.8 Å². The van der Waals surface area contributed by atoms with E-state index < -0.39 is 0 Å². The van der Waals surface area contributed by atoms with Crippen LogP contribution in [-0.2, 0) is 0 Å². The van der Waals surface area contributed by atoms with Crippen LogP contribution in [0.15, 0.2) is 0 Å². The summed E-state index contributed by atoms with van der Waals surface area (Å²) in [4.78, 5) is 0. The summed E-state index contributed by atoms with van der Waals surface area (Å²) in [5, 5.41) is 9.54. The quantitative estimate of drug-likeness (QED) is 0.612. The molecule has 0 spiro atoms. The summed E-state index contributed by atoms with van der Waals surface area (Å²) in [5.41, 5.74) is 5.67. The van der Waals surface area contributed by atoms with Crippen molar-refractivity contribution in [3.8, 4) is 0 Å². The Kier molecular flexibility index (Phi) is 2.02. The average Bonchev–Trinajstić information content (AvgIpc) is 2.61. The third-order valence-corrected chi connectivity index (χ3v) is 2.94. The van der Waals surface area contributed by atoms with Crippen LogP contribution < -0.4 is 5.73 Å². The van der Waals surface area contributed by atoms with E-state index in [0.29, 0.717) is 12.5 Å². The molecule has 1 aliphatic carbocycles. The van der Waals surface area contributed by atoms with E-state index in [4.69, 9.17) is 5.73 Å². The van der Waals surface area contributed by atoms with Crippen LogP contribution in [0, 0.1) is 11.3 Å². The molecule has 0 unspecified atom stereocenters. The molecule has 0 amide bonds. The summed E-state index contributed by atoms with van der Waals surface area (Å²) in [7, 11) is 0. The fourth-order valence-corrected chi connectivity index (χ4v) is 1.80. The summed E-state index contributed by atoms with van der Waals surface area (Å²) >= 11 is 0. The molecule has 0 radical (unpaired) electrons. The Morgan fingerprint density at radius 3 is 2.40 bits per heavy atom. The fourth-order valence-electron chi connectivity index (χ4n) is 1.80. The number of nitrogens with two attached hydrogens (primary N) is 1. The molecule has 0 aromatic heterocycles. The van der Waals surface area contributed by atoms with Crippen molar-refractivity contribution in [2.75, 3.05) is 6.54 Å². The molecule has 0 aliphatic heterocycles. The van der Waals surface area contributed by atoms with Crippen molar-refractivity contribution in [2.45, 2.75) is 32.8 Å². The molecule has 0 heterocycles. The molecule has 1 aliphatic rings. The van der Waals surface area contributed by atoms with Gasteiger partial charge in [0.1, 0.15) is 0 Å². The Morgan fingerprint density at radius 2 is 2.30 bits per heavy atom. The minimum absolute atomic E-state index is 0.0920. The zero-order valence-electron chi connectivity index (χ0n) is 6.80. The first kappa shape index (κ1) is 8.02. The highest BCUT2D eigenvalue weighted by atomic mass is 16.3. The monoisotopic (exact) mass is 143 g/mol. The maximum atomic E-state index is 9.54. The van der Waals surface area contributed by atoms with Crippen molar-refractivity contribution in [1.29, 1.82) is 0 Å². The maximum absolute atomic E-state index is 9.54. The first-order valence-corrected chi connectivity index (χ1v) is 4.05. The van der Waals surface area contributed by atoms with Gasteiger partial charge in [-0.25, -0.2) is 0 Å². The van der Waals surface area contributed by atoms with Crippen molar-refractivity contribution in [2.24, 2.45) is 17.1 Å². The molecular weight excluding hydrogens is 126 g/mol. The van der Waals surface area contributed by atoms with Crippen molar-refractivity contribution in [1.82, 2.24) is 0 Å². The zero-order chi connectivity index (χ0) is 7.78. The standard InChI is InChI=1S/C8H17NO/c1-3-7(10)8(5-9)4-6(8)2/h6-7,10H,3-5,9H2,1-2H3/t6-,7+,8+/m0/s1. The highest BCUT2D eigenvalue weighted by molar-refractivity contribution is 5.04. The predicted molar refractivity (Wildman–Crippen MR) is 41.6 cm³/mol. The molecule has 1 rings (SSSR count). The van der Waals surface area contributed by atoms with Crippen LogP contribution in [0.5, 0.6) is 0 Å². The van der Waals surface area contributed by atoms with Crippen LogP contribution in [0.1, 0.15) is 26.7 Å². The summed E-state index contributed by atoms with van der Waals surface area (Å²) in [6.45, 7) is 4.81. The van der Waals surface area contributed by atoms with Crippen molar-refractivity contribution in [3.63, 3.8) is 0 Å². The van der Waals surface area contributed by atoms with E-state index in [2.05, 4.69) is 6.92 Å². The van der Waals surface area contributed by atoms with Gasteiger partial charge in [-0.1, -0.05) is 13.8 Å². The first-order valence-electron chi connectivity index (χ1n) is 4.05. The predicted octanol–water partition coefficient (Wildman–Crippen LogP) is 0.742. The van der Waals surface area contributed by atoms with Crippen LogP contribution in [0.25, 0.3) is 0 Å². The second kappa shape index (κ2) is 2.51. The lowest BCUT2D eigenvalue weighted by molar-refractivity contribution is 0.0852. The van der Waals surface area contributed by atoms with Gasteiger partial charge in [-0.15, -0.1) is 0 Å². The molecule has 0 aromatic rings. The van der Waals surface area contributed by atoms with E-state index in [0.717, 1.165) is 12.8 Å². The Morgan fingerprint density at radius 1 is 1.80 bits per heavy atom. The van der Waals surface area contributed by atoms with E-state index >= 15 is 0 Å². The van der Waals surface area contributed by atoms with Gasteiger partial charge in [-0.2, -0.15) is 0 Å². The lowest BCUT2D eigenvalue weighted by atomic mass is 9.95. The summed E-state index contributed by atoms with van der Waals surface area (Å²) < 4.78 is 0. The van der Waals surface area contributed by atoms with Crippen LogP contribution >= 0.6 is 0 Å². The van der Waals surface area contributed by atoms with Crippen molar-refractivity contribution in [3.05, 3.63) is 0 Å². The smallest absolute Gasteiger partial charge is 0.0608 e. The van der Waals surface area contributed by atoms with Gasteiger partial charge in [-0.05, 0) is 18.8 Å². The summed E-state index contributed by atoms with van der Waals surface area (Å²) in [6, 6.07) is 0. The van der Waals surface area contributed by atoms with Gasteiger partial charge in [0.25, 0.3) is 0 Å². The van der Waals surface area contributed by atoms with Gasteiger partial charge in [0.2, 0.25) is 0 Å². The number of aliphatic hydroxyl groups is 1. The Bertz CT molecular complexity index is 122. The molecule has 3 atom stereocenters. The molecular formula is C8H17NO. The lowest BCUT2D eigenvalue weighted by Crippen LogP contribution is -2.30. The third kappa shape index (κ3) is 0.956.